The molecule has 0 bridgehead atoms. The van der Waals surface area contributed by atoms with E-state index in [4.69, 9.17) is 5.73 Å². The number of nitrogens with zero attached hydrogens (tertiary/aromatic N) is 2. The third kappa shape index (κ3) is 2.50. The Labute approximate surface area is 138 Å². The van der Waals surface area contributed by atoms with Gasteiger partial charge >= 0.3 is 0 Å². The maximum atomic E-state index is 10.7. The zero-order valence-electron chi connectivity index (χ0n) is 12.5. The summed E-state index contributed by atoms with van der Waals surface area (Å²) in [6.45, 7) is 0. The molecule has 1 aliphatic rings. The molecule has 1 heterocycles. The van der Waals surface area contributed by atoms with Crippen LogP contribution in [0.2, 0.25) is 0 Å². The first-order valence-electron chi connectivity index (χ1n) is 7.40. The number of phenolic OH excluding ortho intramolecular Hbond substituents is 1. The number of anilines is 1. The molecule has 0 amide bonds. The van der Waals surface area contributed by atoms with Crippen molar-refractivity contribution in [2.24, 2.45) is 0 Å². The standard InChI is InChI=1S/C18H15N3OS/c19-10-13-15(12-6-2-1-3-7-12)14(11-20)17(22)18(16(13)21)23-8-4-5-9-23/h1-3,6-7H,4-5,8-9,21H2/p+1. The first kappa shape index (κ1) is 15.3. The van der Waals surface area contributed by atoms with E-state index in [1.165, 1.54) is 0 Å². The van der Waals surface area contributed by atoms with Crippen LogP contribution in [0.15, 0.2) is 35.2 Å². The van der Waals surface area contributed by atoms with Gasteiger partial charge < -0.3 is 10.8 Å². The van der Waals surface area contributed by atoms with Crippen LogP contribution in [0.3, 0.4) is 0 Å². The molecular weight excluding hydrogens is 306 g/mol. The molecule has 0 aromatic heterocycles. The molecule has 114 valence electrons. The lowest BCUT2D eigenvalue weighted by Gasteiger charge is -2.14. The van der Waals surface area contributed by atoms with Gasteiger partial charge in [-0.3, -0.25) is 0 Å². The Morgan fingerprint density at radius 2 is 1.61 bits per heavy atom. The molecule has 1 aliphatic heterocycles. The van der Waals surface area contributed by atoms with E-state index < -0.39 is 0 Å². The molecule has 0 radical (unpaired) electrons. The van der Waals surface area contributed by atoms with Crippen molar-refractivity contribution in [2.45, 2.75) is 17.7 Å². The smallest absolute Gasteiger partial charge is 0.222 e. The predicted octanol–water partition coefficient (Wildman–Crippen LogP) is 3.16. The van der Waals surface area contributed by atoms with E-state index in [1.807, 2.05) is 30.3 Å². The minimum absolute atomic E-state index is 0.0481. The van der Waals surface area contributed by atoms with Crippen molar-refractivity contribution >= 4 is 16.6 Å². The van der Waals surface area contributed by atoms with Crippen molar-refractivity contribution in [3.8, 4) is 29.0 Å². The first-order chi connectivity index (χ1) is 11.2. The van der Waals surface area contributed by atoms with E-state index in [-0.39, 0.29) is 22.2 Å². The fourth-order valence-electron chi connectivity index (χ4n) is 3.00. The molecule has 3 N–H and O–H groups in total. The molecule has 0 atom stereocenters. The molecule has 1 fully saturated rings. The summed E-state index contributed by atoms with van der Waals surface area (Å²) in [5.41, 5.74) is 8.16. The van der Waals surface area contributed by atoms with Gasteiger partial charge in [0.25, 0.3) is 0 Å². The number of phenols is 1. The van der Waals surface area contributed by atoms with Gasteiger partial charge in [0.2, 0.25) is 4.90 Å². The third-order valence-electron chi connectivity index (χ3n) is 4.07. The van der Waals surface area contributed by atoms with Crippen molar-refractivity contribution in [3.05, 3.63) is 41.5 Å². The minimum atomic E-state index is -0.179. The monoisotopic (exact) mass is 322 g/mol. The number of aromatic hydroxyl groups is 1. The maximum Gasteiger partial charge on any atom is 0.222 e. The van der Waals surface area contributed by atoms with Crippen LogP contribution in [-0.2, 0) is 10.9 Å². The van der Waals surface area contributed by atoms with Crippen LogP contribution >= 0.6 is 0 Å². The number of rotatable bonds is 2. The fraction of sp³-hybridized carbons (Fsp3) is 0.222. The summed E-state index contributed by atoms with van der Waals surface area (Å²) in [6, 6.07) is 13.4. The number of nitrogens with two attached hydrogens (primary N) is 1. The summed E-state index contributed by atoms with van der Waals surface area (Å²) < 4.78 is 0. The van der Waals surface area contributed by atoms with Crippen molar-refractivity contribution in [3.63, 3.8) is 0 Å². The van der Waals surface area contributed by atoms with E-state index in [1.54, 1.807) is 0 Å². The van der Waals surface area contributed by atoms with Crippen molar-refractivity contribution in [1.82, 2.24) is 0 Å². The second-order valence-electron chi connectivity index (χ2n) is 5.41. The summed E-state index contributed by atoms with van der Waals surface area (Å²) in [7, 11) is -0.179. The Balaban J connectivity index is 2.34. The molecule has 5 heteroatoms. The van der Waals surface area contributed by atoms with Gasteiger partial charge in [0, 0.05) is 16.5 Å². The van der Waals surface area contributed by atoms with E-state index in [9.17, 15) is 15.6 Å². The normalized spacial score (nSPS) is 14.3. The van der Waals surface area contributed by atoms with Gasteiger partial charge in [-0.2, -0.15) is 10.5 Å². The van der Waals surface area contributed by atoms with Gasteiger partial charge in [0.1, 0.15) is 34.9 Å². The highest BCUT2D eigenvalue weighted by Gasteiger charge is 2.36. The van der Waals surface area contributed by atoms with Gasteiger partial charge in [0.05, 0.1) is 5.56 Å². The first-order valence-corrected chi connectivity index (χ1v) is 8.96. The maximum absolute atomic E-state index is 10.7. The SMILES string of the molecule is N#Cc1c(N)c([S+]2CCCC2)c(O)c(C#N)c1-c1ccccc1. The van der Waals surface area contributed by atoms with Gasteiger partial charge in [-0.1, -0.05) is 30.3 Å². The van der Waals surface area contributed by atoms with Crippen LogP contribution in [0.1, 0.15) is 24.0 Å². The van der Waals surface area contributed by atoms with Crippen LogP contribution in [0.4, 0.5) is 5.69 Å². The highest BCUT2D eigenvalue weighted by molar-refractivity contribution is 7.97. The zero-order valence-corrected chi connectivity index (χ0v) is 13.4. The van der Waals surface area contributed by atoms with Crippen molar-refractivity contribution in [1.29, 1.82) is 10.5 Å². The topological polar surface area (TPSA) is 93.8 Å². The molecule has 0 saturated carbocycles. The number of benzene rings is 2. The second kappa shape index (κ2) is 6.24. The average Bonchev–Trinajstić information content (AvgIpc) is 3.09. The molecule has 1 saturated heterocycles. The Kier molecular flexibility index (Phi) is 4.14. The Hall–Kier alpha value is -2.63. The number of nitrogen functional groups attached to an aromatic ring is 1. The van der Waals surface area contributed by atoms with Crippen molar-refractivity contribution in [2.75, 3.05) is 17.2 Å². The molecule has 0 aliphatic carbocycles. The zero-order chi connectivity index (χ0) is 16.4. The van der Waals surface area contributed by atoms with E-state index in [0.717, 1.165) is 24.3 Å². The summed E-state index contributed by atoms with van der Waals surface area (Å²) >= 11 is 0. The molecule has 2 aromatic rings. The number of hydrogen-bond donors (Lipinski definition) is 2. The quantitative estimate of drug-likeness (QED) is 0.656. The minimum Gasteiger partial charge on any atom is -0.502 e. The van der Waals surface area contributed by atoms with E-state index in [0.29, 0.717) is 27.3 Å². The number of hydrogen-bond acceptors (Lipinski definition) is 4. The molecule has 2 aromatic carbocycles. The Morgan fingerprint density at radius 1 is 1.00 bits per heavy atom. The second-order valence-corrected chi connectivity index (χ2v) is 7.62. The predicted molar refractivity (Wildman–Crippen MR) is 92.0 cm³/mol. The van der Waals surface area contributed by atoms with E-state index >= 15 is 0 Å². The van der Waals surface area contributed by atoms with Gasteiger partial charge in [-0.25, -0.2) is 0 Å². The summed E-state index contributed by atoms with van der Waals surface area (Å²) in [4.78, 5) is 0.607. The summed E-state index contributed by atoms with van der Waals surface area (Å²) in [5, 5.41) is 29.9. The average molecular weight is 322 g/mol. The molecule has 0 spiro atoms. The van der Waals surface area contributed by atoms with Crippen LogP contribution in [0.25, 0.3) is 11.1 Å². The summed E-state index contributed by atoms with van der Waals surface area (Å²) in [6.07, 6.45) is 2.18. The number of nitriles is 2. The van der Waals surface area contributed by atoms with Gasteiger partial charge in [-0.15, -0.1) is 0 Å². The molecule has 4 nitrogen and oxygen atoms in total. The third-order valence-corrected chi connectivity index (χ3v) is 6.63. The van der Waals surface area contributed by atoms with Crippen LogP contribution in [0, 0.1) is 22.7 Å². The highest BCUT2D eigenvalue weighted by atomic mass is 32.2. The highest BCUT2D eigenvalue weighted by Crippen LogP contribution is 2.44. The van der Waals surface area contributed by atoms with Gasteiger partial charge in [0.15, 0.2) is 5.75 Å². The molecule has 23 heavy (non-hydrogen) atoms. The largest absolute Gasteiger partial charge is 0.502 e. The van der Waals surface area contributed by atoms with Crippen molar-refractivity contribution < 1.29 is 5.11 Å². The molecule has 0 unspecified atom stereocenters. The molecular formula is C18H16N3OS+. The molecule has 3 rings (SSSR count). The van der Waals surface area contributed by atoms with Crippen LogP contribution in [-0.4, -0.2) is 16.6 Å². The lowest BCUT2D eigenvalue weighted by Crippen LogP contribution is -2.11. The van der Waals surface area contributed by atoms with Crippen LogP contribution in [0.5, 0.6) is 5.75 Å². The lowest BCUT2D eigenvalue weighted by atomic mass is 9.93. The van der Waals surface area contributed by atoms with Crippen LogP contribution < -0.4 is 5.73 Å². The summed E-state index contributed by atoms with van der Waals surface area (Å²) in [5.74, 6) is 1.86. The fourth-order valence-corrected chi connectivity index (χ4v) is 5.51. The van der Waals surface area contributed by atoms with Gasteiger partial charge in [-0.05, 0) is 18.4 Å². The Bertz CT molecular complexity index is 787. The Morgan fingerprint density at radius 3 is 2.17 bits per heavy atom. The lowest BCUT2D eigenvalue weighted by molar-refractivity contribution is 0.461. The van der Waals surface area contributed by atoms with E-state index in [2.05, 4.69) is 12.1 Å².